The van der Waals surface area contributed by atoms with Crippen LogP contribution in [0.5, 0.6) is 5.75 Å². The Hall–Kier alpha value is -4.20. The minimum atomic E-state index is -0.876. The smallest absolute Gasteiger partial charge is 0.248 e. The average molecular weight is 571 g/mol. The van der Waals surface area contributed by atoms with Crippen LogP contribution in [0.25, 0.3) is 0 Å². The van der Waals surface area contributed by atoms with Crippen LogP contribution in [0.2, 0.25) is 0 Å². The van der Waals surface area contributed by atoms with Crippen LogP contribution in [0.4, 0.5) is 11.5 Å². The van der Waals surface area contributed by atoms with Gasteiger partial charge in [-0.25, -0.2) is 4.98 Å². The second kappa shape index (κ2) is 15.1. The van der Waals surface area contributed by atoms with Gasteiger partial charge in [-0.2, -0.15) is 0 Å². The first kappa shape index (κ1) is 30.8. The zero-order chi connectivity index (χ0) is 29.9. The molecule has 0 radical (unpaired) electrons. The number of aromatic nitrogens is 1. The summed E-state index contributed by atoms with van der Waals surface area (Å²) >= 11 is 0. The van der Waals surface area contributed by atoms with Gasteiger partial charge in [0.1, 0.15) is 17.6 Å². The molecule has 8 heteroatoms. The van der Waals surface area contributed by atoms with E-state index in [1.54, 1.807) is 29.3 Å². The molecule has 2 aromatic carbocycles. The zero-order valence-corrected chi connectivity index (χ0v) is 24.9. The van der Waals surface area contributed by atoms with Gasteiger partial charge in [-0.15, -0.1) is 0 Å². The molecule has 0 saturated heterocycles. The van der Waals surface area contributed by atoms with E-state index in [1.165, 1.54) is 6.42 Å². The summed E-state index contributed by atoms with van der Waals surface area (Å²) in [7, 11) is 0. The molecule has 3 aromatic rings. The van der Waals surface area contributed by atoms with Gasteiger partial charge in [0.25, 0.3) is 0 Å². The summed E-state index contributed by atoms with van der Waals surface area (Å²) in [5.41, 5.74) is 3.35. The van der Waals surface area contributed by atoms with E-state index in [4.69, 9.17) is 4.74 Å². The van der Waals surface area contributed by atoms with E-state index in [0.717, 1.165) is 36.8 Å². The van der Waals surface area contributed by atoms with Crippen LogP contribution in [0, 0.1) is 13.8 Å². The highest BCUT2D eigenvalue weighted by Gasteiger charge is 2.34. The van der Waals surface area contributed by atoms with E-state index in [2.05, 4.69) is 15.6 Å². The van der Waals surface area contributed by atoms with Gasteiger partial charge in [0, 0.05) is 30.8 Å². The summed E-state index contributed by atoms with van der Waals surface area (Å²) in [6.45, 7) is 6.42. The number of nitrogens with zero attached hydrogens (tertiary/aromatic N) is 2. The number of hydrogen-bond donors (Lipinski definition) is 2. The van der Waals surface area contributed by atoms with Gasteiger partial charge in [0.2, 0.25) is 17.7 Å². The van der Waals surface area contributed by atoms with Crippen molar-refractivity contribution in [3.63, 3.8) is 0 Å². The number of pyridine rings is 1. The molecular weight excluding hydrogens is 528 g/mol. The number of anilines is 2. The monoisotopic (exact) mass is 570 g/mol. The van der Waals surface area contributed by atoms with Crippen LogP contribution in [-0.4, -0.2) is 35.4 Å². The lowest BCUT2D eigenvalue weighted by atomic mass is 9.94. The van der Waals surface area contributed by atoms with Crippen LogP contribution in [0.1, 0.15) is 81.0 Å². The maximum absolute atomic E-state index is 14.1. The predicted molar refractivity (Wildman–Crippen MR) is 165 cm³/mol. The lowest BCUT2D eigenvalue weighted by Gasteiger charge is -2.34. The summed E-state index contributed by atoms with van der Waals surface area (Å²) in [5.74, 6) is 0.545. The molecule has 42 heavy (non-hydrogen) atoms. The van der Waals surface area contributed by atoms with E-state index in [0.29, 0.717) is 35.8 Å². The Bertz CT molecular complexity index is 1320. The molecule has 3 amide bonds. The highest BCUT2D eigenvalue weighted by molar-refractivity contribution is 6.01. The molecule has 1 aliphatic rings. The predicted octanol–water partition coefficient (Wildman–Crippen LogP) is 6.43. The summed E-state index contributed by atoms with van der Waals surface area (Å²) in [5, 5.41) is 6.03. The van der Waals surface area contributed by atoms with Crippen molar-refractivity contribution in [1.29, 1.82) is 0 Å². The Labute approximate surface area is 248 Å². The lowest BCUT2D eigenvalue weighted by molar-refractivity contribution is -0.127. The third kappa shape index (κ3) is 8.65. The van der Waals surface area contributed by atoms with Crippen LogP contribution in [-0.2, 0) is 14.4 Å². The summed E-state index contributed by atoms with van der Waals surface area (Å²) in [6, 6.07) is 17.8. The van der Waals surface area contributed by atoms with Gasteiger partial charge >= 0.3 is 0 Å². The zero-order valence-electron chi connectivity index (χ0n) is 24.9. The van der Waals surface area contributed by atoms with E-state index < -0.39 is 6.04 Å². The van der Waals surface area contributed by atoms with E-state index >= 15 is 0 Å². The van der Waals surface area contributed by atoms with Crippen molar-refractivity contribution in [3.05, 3.63) is 83.6 Å². The first-order chi connectivity index (χ1) is 20.3. The average Bonchev–Trinajstić information content (AvgIpc) is 2.97. The molecule has 2 N–H and O–H groups in total. The van der Waals surface area contributed by atoms with Crippen molar-refractivity contribution >= 4 is 29.2 Å². The van der Waals surface area contributed by atoms with Crippen molar-refractivity contribution in [1.82, 2.24) is 10.3 Å². The van der Waals surface area contributed by atoms with Gasteiger partial charge < -0.3 is 15.4 Å². The van der Waals surface area contributed by atoms with Crippen LogP contribution < -0.4 is 20.3 Å². The van der Waals surface area contributed by atoms with Crippen molar-refractivity contribution in [2.75, 3.05) is 16.8 Å². The number of benzene rings is 2. The minimum absolute atomic E-state index is 0.0861. The number of aryl methyl sites for hydroxylation is 2. The number of nitrogens with one attached hydrogen (secondary N) is 2. The molecule has 1 atom stereocenters. The fourth-order valence-corrected chi connectivity index (χ4v) is 5.55. The van der Waals surface area contributed by atoms with Crippen LogP contribution in [0.3, 0.4) is 0 Å². The third-order valence-electron chi connectivity index (χ3n) is 7.45. The Morgan fingerprint density at radius 2 is 1.67 bits per heavy atom. The molecular formula is C34H42N4O4. The molecule has 1 fully saturated rings. The van der Waals surface area contributed by atoms with Crippen LogP contribution >= 0.6 is 0 Å². The maximum atomic E-state index is 14.1. The van der Waals surface area contributed by atoms with E-state index in [1.807, 2.05) is 63.2 Å². The second-order valence-electron chi connectivity index (χ2n) is 11.0. The Kier molecular flexibility index (Phi) is 11.1. The molecule has 1 heterocycles. The molecule has 0 aliphatic heterocycles. The van der Waals surface area contributed by atoms with Gasteiger partial charge in [0.05, 0.1) is 6.61 Å². The standard InChI is InChI=1S/C34H42N4O4/c1-4-42-29-18-16-26(17-19-29)33(34(41)36-27-11-6-5-7-12-27)38(28-22-24(2)21-25(3)23-28)32(40)15-10-14-31(39)37-30-13-8-9-20-35-30/h8-9,13,16-23,27,33H,4-7,10-12,14-15H2,1-3H3,(H,36,41)(H,35,37,39). The summed E-state index contributed by atoms with van der Waals surface area (Å²) in [4.78, 5) is 46.4. The van der Waals surface area contributed by atoms with Crippen molar-refractivity contribution < 1.29 is 19.1 Å². The fourth-order valence-electron chi connectivity index (χ4n) is 5.55. The Balaban J connectivity index is 1.62. The normalized spacial score (nSPS) is 14.1. The van der Waals surface area contributed by atoms with Crippen molar-refractivity contribution in [2.24, 2.45) is 0 Å². The topological polar surface area (TPSA) is 101 Å². The first-order valence-corrected chi connectivity index (χ1v) is 15.0. The molecule has 1 unspecified atom stereocenters. The maximum Gasteiger partial charge on any atom is 0.248 e. The quantitative estimate of drug-likeness (QED) is 0.261. The van der Waals surface area contributed by atoms with Gasteiger partial charge in [0.15, 0.2) is 0 Å². The van der Waals surface area contributed by atoms with Crippen molar-refractivity contribution in [2.45, 2.75) is 84.2 Å². The van der Waals surface area contributed by atoms with E-state index in [-0.39, 0.29) is 36.6 Å². The largest absolute Gasteiger partial charge is 0.494 e. The Morgan fingerprint density at radius 1 is 0.952 bits per heavy atom. The minimum Gasteiger partial charge on any atom is -0.494 e. The van der Waals surface area contributed by atoms with Crippen LogP contribution in [0.15, 0.2) is 66.9 Å². The summed E-state index contributed by atoms with van der Waals surface area (Å²) < 4.78 is 5.64. The van der Waals surface area contributed by atoms with Crippen molar-refractivity contribution in [3.8, 4) is 5.75 Å². The number of ether oxygens (including phenoxy) is 1. The first-order valence-electron chi connectivity index (χ1n) is 15.0. The molecule has 222 valence electrons. The number of rotatable bonds is 12. The highest BCUT2D eigenvalue weighted by Crippen LogP contribution is 2.32. The van der Waals surface area contributed by atoms with E-state index in [9.17, 15) is 14.4 Å². The molecule has 0 bridgehead atoms. The third-order valence-corrected chi connectivity index (χ3v) is 7.45. The molecule has 1 aromatic heterocycles. The fraction of sp³-hybridized carbons (Fsp3) is 0.412. The van der Waals surface area contributed by atoms with Gasteiger partial charge in [-0.1, -0.05) is 43.5 Å². The molecule has 8 nitrogen and oxygen atoms in total. The molecule has 0 spiro atoms. The van der Waals surface area contributed by atoms with Gasteiger partial charge in [-0.05, 0) is 93.1 Å². The Morgan fingerprint density at radius 3 is 2.31 bits per heavy atom. The highest BCUT2D eigenvalue weighted by atomic mass is 16.5. The number of amides is 3. The molecule has 1 aliphatic carbocycles. The number of carbonyl (C=O) groups is 3. The lowest BCUT2D eigenvalue weighted by Crippen LogP contribution is -2.47. The molecule has 1 saturated carbocycles. The summed E-state index contributed by atoms with van der Waals surface area (Å²) in [6.07, 6.45) is 7.42. The SMILES string of the molecule is CCOc1ccc(C(C(=O)NC2CCCCC2)N(C(=O)CCCC(=O)Nc2ccccn2)c2cc(C)cc(C)c2)cc1. The second-order valence-corrected chi connectivity index (χ2v) is 11.0. The van der Waals surface area contributed by atoms with Gasteiger partial charge in [-0.3, -0.25) is 19.3 Å². The molecule has 4 rings (SSSR count). The number of carbonyl (C=O) groups excluding carboxylic acids is 3. The number of hydrogen-bond acceptors (Lipinski definition) is 5.